The molecule has 1 saturated heterocycles. The molecule has 34 heavy (non-hydrogen) atoms. The lowest BCUT2D eigenvalue weighted by Gasteiger charge is -2.28. The van der Waals surface area contributed by atoms with E-state index in [9.17, 15) is 14.0 Å². The number of carbonyl (C=O) groups excluding carboxylic acids is 2. The Bertz CT molecular complexity index is 829. The molecule has 0 spiro atoms. The molecule has 0 bridgehead atoms. The number of rotatable bonds is 14. The lowest BCUT2D eigenvalue weighted by Crippen LogP contribution is -2.38. The van der Waals surface area contributed by atoms with E-state index < -0.39 is 11.8 Å². The summed E-state index contributed by atoms with van der Waals surface area (Å²) >= 11 is 0. The van der Waals surface area contributed by atoms with Crippen LogP contribution in [-0.2, 0) is 14.3 Å². The molecule has 10 heteroatoms. The minimum Gasteiger partial charge on any atom is -0.446 e. The van der Waals surface area contributed by atoms with Crippen LogP contribution < -0.4 is 10.7 Å². The number of nitrogens with one attached hydrogen (secondary N) is 2. The third-order valence-electron chi connectivity index (χ3n) is 4.83. The largest absolute Gasteiger partial charge is 0.446 e. The number of halogens is 1. The Balaban J connectivity index is 2.52. The van der Waals surface area contributed by atoms with E-state index in [1.54, 1.807) is 36.4 Å². The fourth-order valence-electron chi connectivity index (χ4n) is 2.66. The van der Waals surface area contributed by atoms with Gasteiger partial charge in [-0.1, -0.05) is 25.3 Å². The molecule has 1 heterocycles. The molecule has 1 amide bonds. The summed E-state index contributed by atoms with van der Waals surface area (Å²) in [6.45, 7) is 12.6. The Morgan fingerprint density at radius 2 is 2.03 bits per heavy atom. The van der Waals surface area contributed by atoms with E-state index in [-0.39, 0.29) is 37.4 Å². The van der Waals surface area contributed by atoms with Crippen LogP contribution in [0.3, 0.4) is 0 Å². The van der Waals surface area contributed by atoms with Crippen LogP contribution >= 0.6 is 0 Å². The molecule has 0 aromatic carbocycles. The number of allylic oxidation sites excluding steroid dienone is 6. The number of hydrazone groups is 2. The van der Waals surface area contributed by atoms with Gasteiger partial charge in [-0.15, -0.1) is 0 Å². The van der Waals surface area contributed by atoms with E-state index in [2.05, 4.69) is 34.1 Å². The Labute approximate surface area is 201 Å². The van der Waals surface area contributed by atoms with Crippen molar-refractivity contribution in [2.45, 2.75) is 38.8 Å². The average molecular weight is 478 g/mol. The molecule has 0 aliphatic carbocycles. The van der Waals surface area contributed by atoms with Crippen LogP contribution in [0.2, 0.25) is 0 Å². The lowest BCUT2D eigenvalue weighted by atomic mass is 9.98. The van der Waals surface area contributed by atoms with E-state index in [1.807, 2.05) is 14.0 Å². The SMILES string of the molecule is C=CC(=O)/C(CC(=C)/C=C\C=C(/C)NC(=O)OCC1(F)CCOCC1)=N\NC/C=N\N(C)CC. The van der Waals surface area contributed by atoms with Crippen LogP contribution in [0.5, 0.6) is 0 Å². The predicted octanol–water partition coefficient (Wildman–Crippen LogP) is 3.28. The van der Waals surface area contributed by atoms with E-state index in [1.165, 1.54) is 6.08 Å². The van der Waals surface area contributed by atoms with E-state index in [4.69, 9.17) is 9.47 Å². The van der Waals surface area contributed by atoms with Gasteiger partial charge in [0.2, 0.25) is 5.78 Å². The first-order valence-corrected chi connectivity index (χ1v) is 11.1. The van der Waals surface area contributed by atoms with Gasteiger partial charge in [-0.25, -0.2) is 9.18 Å². The second-order valence-electron chi connectivity index (χ2n) is 7.77. The second kappa shape index (κ2) is 15.5. The van der Waals surface area contributed by atoms with Crippen LogP contribution in [0.15, 0.2) is 58.9 Å². The van der Waals surface area contributed by atoms with Crippen LogP contribution in [0.4, 0.5) is 9.18 Å². The molecule has 188 valence electrons. The molecule has 0 saturated carbocycles. The summed E-state index contributed by atoms with van der Waals surface area (Å²) < 4.78 is 24.6. The molecule has 1 fully saturated rings. The average Bonchev–Trinajstić information content (AvgIpc) is 2.81. The fraction of sp³-hybridized carbons (Fsp3) is 0.500. The van der Waals surface area contributed by atoms with Crippen LogP contribution in [0, 0.1) is 0 Å². The smallest absolute Gasteiger partial charge is 0.411 e. The van der Waals surface area contributed by atoms with Gasteiger partial charge >= 0.3 is 6.09 Å². The number of hydrogen-bond donors (Lipinski definition) is 2. The monoisotopic (exact) mass is 477 g/mol. The molecule has 0 aromatic heterocycles. The van der Waals surface area contributed by atoms with Gasteiger partial charge in [0.05, 0.1) is 6.54 Å². The van der Waals surface area contributed by atoms with Crippen molar-refractivity contribution in [3.8, 4) is 0 Å². The highest BCUT2D eigenvalue weighted by Crippen LogP contribution is 2.25. The molecular formula is C24H36FN5O4. The summed E-state index contributed by atoms with van der Waals surface area (Å²) in [6, 6.07) is 0. The molecule has 1 aliphatic rings. The minimum atomic E-state index is -1.54. The summed E-state index contributed by atoms with van der Waals surface area (Å²) in [5.74, 6) is -0.309. The molecule has 1 rings (SSSR count). The third-order valence-corrected chi connectivity index (χ3v) is 4.83. The zero-order valence-corrected chi connectivity index (χ0v) is 20.3. The van der Waals surface area contributed by atoms with Crippen molar-refractivity contribution in [1.82, 2.24) is 15.8 Å². The number of ether oxygens (including phenoxy) is 2. The standard InChI is InChI=1S/C24H36FN5O4/c1-6-22(31)21(29-26-13-14-27-30(5)7-2)17-19(3)9-8-10-20(4)28-23(32)34-18-24(25)11-15-33-16-12-24/h6,8-10,14,26H,1,3,7,11-13,15-18H2,2,4-5H3,(H,28,32)/b9-8-,20-10+,27-14-,29-21-. The van der Waals surface area contributed by atoms with Gasteiger partial charge in [-0.3, -0.25) is 10.1 Å². The Hall–Kier alpha value is -3.27. The predicted molar refractivity (Wildman–Crippen MR) is 132 cm³/mol. The van der Waals surface area contributed by atoms with Gasteiger partial charge in [-0.05, 0) is 31.6 Å². The number of amides is 1. The van der Waals surface area contributed by atoms with Gasteiger partial charge in [0.25, 0.3) is 0 Å². The molecule has 0 radical (unpaired) electrons. The van der Waals surface area contributed by atoms with E-state index >= 15 is 0 Å². The Kier molecular flexibility index (Phi) is 13.2. The van der Waals surface area contributed by atoms with Crippen LogP contribution in [0.1, 0.15) is 33.1 Å². The van der Waals surface area contributed by atoms with Gasteiger partial charge in [0.15, 0.2) is 0 Å². The topological polar surface area (TPSA) is 105 Å². The molecule has 9 nitrogen and oxygen atoms in total. The quantitative estimate of drug-likeness (QED) is 0.131. The van der Waals surface area contributed by atoms with E-state index in [0.717, 1.165) is 6.54 Å². The minimum absolute atomic E-state index is 0.207. The zero-order valence-electron chi connectivity index (χ0n) is 20.3. The number of ketones is 1. The third kappa shape index (κ3) is 12.1. The highest BCUT2D eigenvalue weighted by molar-refractivity contribution is 6.44. The Morgan fingerprint density at radius 1 is 1.32 bits per heavy atom. The first-order chi connectivity index (χ1) is 16.2. The van der Waals surface area contributed by atoms with Crippen molar-refractivity contribution >= 4 is 23.8 Å². The van der Waals surface area contributed by atoms with Gasteiger partial charge < -0.3 is 19.9 Å². The van der Waals surface area contributed by atoms with Crippen molar-refractivity contribution in [2.75, 3.05) is 40.0 Å². The van der Waals surface area contributed by atoms with Gasteiger partial charge in [-0.2, -0.15) is 10.2 Å². The highest BCUT2D eigenvalue weighted by Gasteiger charge is 2.33. The number of nitrogens with zero attached hydrogens (tertiary/aromatic N) is 3. The maximum Gasteiger partial charge on any atom is 0.411 e. The summed E-state index contributed by atoms with van der Waals surface area (Å²) in [5.41, 5.74) is 2.64. The van der Waals surface area contributed by atoms with Crippen molar-refractivity contribution < 1.29 is 23.5 Å². The number of hydrogen-bond acceptors (Lipinski definition) is 8. The maximum absolute atomic E-state index is 14.4. The summed E-state index contributed by atoms with van der Waals surface area (Å²) in [6.07, 6.45) is 7.75. The zero-order chi connectivity index (χ0) is 25.4. The number of alkyl carbamates (subject to hydrolysis) is 1. The summed E-state index contributed by atoms with van der Waals surface area (Å²) in [7, 11) is 1.85. The van der Waals surface area contributed by atoms with E-state index in [0.29, 0.717) is 31.0 Å². The first-order valence-electron chi connectivity index (χ1n) is 11.1. The van der Waals surface area contributed by atoms with Crippen LogP contribution in [0.25, 0.3) is 0 Å². The van der Waals surface area contributed by atoms with Crippen molar-refractivity contribution in [1.29, 1.82) is 0 Å². The highest BCUT2D eigenvalue weighted by atomic mass is 19.1. The first kappa shape index (κ1) is 28.8. The van der Waals surface area contributed by atoms with Gasteiger partial charge in [0, 0.05) is 58.0 Å². The van der Waals surface area contributed by atoms with Crippen molar-refractivity contribution in [3.05, 3.63) is 48.7 Å². The second-order valence-corrected chi connectivity index (χ2v) is 7.77. The summed E-state index contributed by atoms with van der Waals surface area (Å²) in [4.78, 5) is 24.0. The lowest BCUT2D eigenvalue weighted by molar-refractivity contribution is -0.109. The molecule has 0 unspecified atom stereocenters. The molecule has 1 aliphatic heterocycles. The molecule has 0 atom stereocenters. The number of carbonyl (C=O) groups is 2. The van der Waals surface area contributed by atoms with Crippen molar-refractivity contribution in [3.63, 3.8) is 0 Å². The summed E-state index contributed by atoms with van der Waals surface area (Å²) in [5, 5.41) is 12.6. The van der Waals surface area contributed by atoms with Gasteiger partial charge in [0.1, 0.15) is 18.0 Å². The molecule has 2 N–H and O–H groups in total. The molecular weight excluding hydrogens is 441 g/mol. The normalized spacial score (nSPS) is 16.4. The number of alkyl halides is 1. The van der Waals surface area contributed by atoms with Crippen molar-refractivity contribution in [2.24, 2.45) is 10.2 Å². The Morgan fingerprint density at radius 3 is 2.68 bits per heavy atom. The molecule has 0 aromatic rings. The fourth-order valence-corrected chi connectivity index (χ4v) is 2.66. The van der Waals surface area contributed by atoms with Crippen LogP contribution in [-0.4, -0.2) is 74.4 Å². The maximum atomic E-state index is 14.4.